The van der Waals surface area contributed by atoms with Crippen molar-refractivity contribution in [2.75, 3.05) is 33.4 Å². The van der Waals surface area contributed by atoms with Crippen LogP contribution >= 0.6 is 0 Å². The number of hydrogen-bond donors (Lipinski definition) is 1. The molecular formula is C18H24FNO5. The van der Waals surface area contributed by atoms with Crippen molar-refractivity contribution in [3.8, 4) is 0 Å². The summed E-state index contributed by atoms with van der Waals surface area (Å²) in [6, 6.07) is 4.13. The SMILES string of the molecule is COCCOCc1cc(C(=O)N2CCCC(C)(C(=O)O)C2)ccc1F. The summed E-state index contributed by atoms with van der Waals surface area (Å²) in [5.41, 5.74) is -0.318. The van der Waals surface area contributed by atoms with Crippen LogP contribution in [0.2, 0.25) is 0 Å². The third kappa shape index (κ3) is 4.76. The van der Waals surface area contributed by atoms with Crippen molar-refractivity contribution in [2.45, 2.75) is 26.4 Å². The van der Waals surface area contributed by atoms with Gasteiger partial charge in [0, 0.05) is 31.3 Å². The fraction of sp³-hybridized carbons (Fsp3) is 0.556. The summed E-state index contributed by atoms with van der Waals surface area (Å²) in [6.07, 6.45) is 1.16. The molecule has 1 fully saturated rings. The van der Waals surface area contributed by atoms with E-state index in [9.17, 15) is 19.1 Å². The number of piperidine rings is 1. The third-order valence-corrected chi connectivity index (χ3v) is 4.48. The molecule has 7 heteroatoms. The lowest BCUT2D eigenvalue weighted by molar-refractivity contribution is -0.150. The first kappa shape index (κ1) is 19.3. The topological polar surface area (TPSA) is 76.1 Å². The Balaban J connectivity index is 2.09. The fourth-order valence-electron chi connectivity index (χ4n) is 2.91. The highest BCUT2D eigenvalue weighted by Gasteiger charge is 2.39. The predicted octanol–water partition coefficient (Wildman–Crippen LogP) is 2.32. The molecule has 1 atom stereocenters. The number of benzene rings is 1. The van der Waals surface area contributed by atoms with Gasteiger partial charge in [0.25, 0.3) is 5.91 Å². The molecule has 1 amide bonds. The van der Waals surface area contributed by atoms with Crippen LogP contribution in [0, 0.1) is 11.2 Å². The molecule has 1 unspecified atom stereocenters. The summed E-state index contributed by atoms with van der Waals surface area (Å²) in [5.74, 6) is -1.63. The van der Waals surface area contributed by atoms with Crippen molar-refractivity contribution in [3.05, 3.63) is 35.1 Å². The number of nitrogens with zero attached hydrogens (tertiary/aromatic N) is 1. The smallest absolute Gasteiger partial charge is 0.311 e. The normalized spacial score (nSPS) is 20.5. The van der Waals surface area contributed by atoms with Crippen LogP contribution in [0.25, 0.3) is 0 Å². The molecule has 0 radical (unpaired) electrons. The summed E-state index contributed by atoms with van der Waals surface area (Å²) < 4.78 is 24.1. The Morgan fingerprint density at radius 3 is 2.80 bits per heavy atom. The maximum absolute atomic E-state index is 13.9. The van der Waals surface area contributed by atoms with E-state index < -0.39 is 17.2 Å². The number of hydrogen-bond acceptors (Lipinski definition) is 4. The molecule has 6 nitrogen and oxygen atoms in total. The second-order valence-corrected chi connectivity index (χ2v) is 6.55. The zero-order chi connectivity index (χ0) is 18.4. The minimum Gasteiger partial charge on any atom is -0.481 e. The quantitative estimate of drug-likeness (QED) is 0.762. The van der Waals surface area contributed by atoms with Crippen molar-refractivity contribution >= 4 is 11.9 Å². The van der Waals surface area contributed by atoms with Gasteiger partial charge in [-0.05, 0) is 38.0 Å². The minimum atomic E-state index is -0.944. The molecule has 1 N–H and O–H groups in total. The molecular weight excluding hydrogens is 329 g/mol. The molecule has 2 rings (SSSR count). The zero-order valence-corrected chi connectivity index (χ0v) is 14.6. The van der Waals surface area contributed by atoms with Crippen LogP contribution in [-0.4, -0.2) is 55.3 Å². The monoisotopic (exact) mass is 353 g/mol. The van der Waals surface area contributed by atoms with Gasteiger partial charge in [-0.2, -0.15) is 0 Å². The molecule has 0 bridgehead atoms. The number of amides is 1. The maximum Gasteiger partial charge on any atom is 0.311 e. The van der Waals surface area contributed by atoms with E-state index in [1.807, 2.05) is 0 Å². The average molecular weight is 353 g/mol. The fourth-order valence-corrected chi connectivity index (χ4v) is 2.91. The van der Waals surface area contributed by atoms with Gasteiger partial charge < -0.3 is 19.5 Å². The largest absolute Gasteiger partial charge is 0.481 e. The Kier molecular flexibility index (Phi) is 6.50. The van der Waals surface area contributed by atoms with Crippen LogP contribution in [0.15, 0.2) is 18.2 Å². The molecule has 1 saturated heterocycles. The molecule has 25 heavy (non-hydrogen) atoms. The van der Waals surface area contributed by atoms with Crippen LogP contribution in [0.5, 0.6) is 0 Å². The van der Waals surface area contributed by atoms with Gasteiger partial charge in [-0.25, -0.2) is 4.39 Å². The highest BCUT2D eigenvalue weighted by atomic mass is 19.1. The van der Waals surface area contributed by atoms with Gasteiger partial charge in [0.15, 0.2) is 0 Å². The van der Waals surface area contributed by atoms with E-state index in [1.165, 1.54) is 23.1 Å². The summed E-state index contributed by atoms with van der Waals surface area (Å²) in [5, 5.41) is 9.37. The molecule has 0 aromatic heterocycles. The number of carboxylic acid groups (broad SMARTS) is 1. The van der Waals surface area contributed by atoms with E-state index >= 15 is 0 Å². The number of carbonyl (C=O) groups is 2. The standard InChI is InChI=1S/C18H24FNO5/c1-18(17(22)23)6-3-7-20(12-18)16(21)13-4-5-15(19)14(10-13)11-25-9-8-24-2/h4-5,10H,3,6-9,11-12H2,1-2H3,(H,22,23). The number of likely N-dealkylation sites (tertiary alicyclic amines) is 1. The lowest BCUT2D eigenvalue weighted by atomic mass is 9.82. The Morgan fingerprint density at radius 2 is 2.12 bits per heavy atom. The van der Waals surface area contributed by atoms with Crippen molar-refractivity contribution in [2.24, 2.45) is 5.41 Å². The zero-order valence-electron chi connectivity index (χ0n) is 14.6. The molecule has 1 heterocycles. The number of rotatable bonds is 7. The van der Waals surface area contributed by atoms with Crippen molar-refractivity contribution in [3.63, 3.8) is 0 Å². The predicted molar refractivity (Wildman–Crippen MR) is 88.8 cm³/mol. The average Bonchev–Trinajstić information content (AvgIpc) is 2.59. The maximum atomic E-state index is 13.9. The van der Waals surface area contributed by atoms with Crippen LogP contribution < -0.4 is 0 Å². The number of methoxy groups -OCH3 is 1. The second kappa shape index (κ2) is 8.40. The number of halogens is 1. The van der Waals surface area contributed by atoms with E-state index in [-0.39, 0.29) is 19.1 Å². The van der Waals surface area contributed by atoms with Gasteiger partial charge in [-0.15, -0.1) is 0 Å². The first-order valence-corrected chi connectivity index (χ1v) is 8.25. The van der Waals surface area contributed by atoms with Crippen LogP contribution in [0.4, 0.5) is 4.39 Å². The van der Waals surface area contributed by atoms with Gasteiger partial charge in [0.05, 0.1) is 25.2 Å². The third-order valence-electron chi connectivity index (χ3n) is 4.48. The number of aliphatic carboxylic acids is 1. The Morgan fingerprint density at radius 1 is 1.36 bits per heavy atom. The Bertz CT molecular complexity index is 636. The van der Waals surface area contributed by atoms with Crippen molar-refractivity contribution < 1.29 is 28.6 Å². The van der Waals surface area contributed by atoms with E-state index in [2.05, 4.69) is 0 Å². The molecule has 1 aliphatic rings. The van der Waals surface area contributed by atoms with Gasteiger partial charge in [0.2, 0.25) is 0 Å². The highest BCUT2D eigenvalue weighted by molar-refractivity contribution is 5.95. The van der Waals surface area contributed by atoms with E-state index in [0.29, 0.717) is 43.7 Å². The van der Waals surface area contributed by atoms with Crippen molar-refractivity contribution in [1.82, 2.24) is 4.90 Å². The van der Waals surface area contributed by atoms with E-state index in [4.69, 9.17) is 9.47 Å². The summed E-state index contributed by atoms with van der Waals surface area (Å²) >= 11 is 0. The molecule has 1 aromatic carbocycles. The highest BCUT2D eigenvalue weighted by Crippen LogP contribution is 2.30. The number of carboxylic acids is 1. The van der Waals surface area contributed by atoms with Crippen LogP contribution in [0.1, 0.15) is 35.7 Å². The lowest BCUT2D eigenvalue weighted by Gasteiger charge is -2.37. The molecule has 1 aromatic rings. The first-order valence-electron chi connectivity index (χ1n) is 8.25. The number of carbonyl (C=O) groups excluding carboxylic acids is 1. The van der Waals surface area contributed by atoms with E-state index in [0.717, 1.165) is 0 Å². The van der Waals surface area contributed by atoms with Gasteiger partial charge in [0.1, 0.15) is 5.82 Å². The lowest BCUT2D eigenvalue weighted by Crippen LogP contribution is -2.48. The van der Waals surface area contributed by atoms with E-state index in [1.54, 1.807) is 14.0 Å². The van der Waals surface area contributed by atoms with Gasteiger partial charge >= 0.3 is 5.97 Å². The first-order chi connectivity index (χ1) is 11.9. The van der Waals surface area contributed by atoms with Gasteiger partial charge in [-0.3, -0.25) is 9.59 Å². The molecule has 0 saturated carbocycles. The van der Waals surface area contributed by atoms with Crippen molar-refractivity contribution in [1.29, 1.82) is 0 Å². The second-order valence-electron chi connectivity index (χ2n) is 6.55. The summed E-state index contributed by atoms with van der Waals surface area (Å²) in [7, 11) is 1.55. The van der Waals surface area contributed by atoms with Gasteiger partial charge in [-0.1, -0.05) is 0 Å². The molecule has 1 aliphatic heterocycles. The molecule has 138 valence electrons. The summed E-state index contributed by atoms with van der Waals surface area (Å²) in [4.78, 5) is 25.7. The molecule has 0 spiro atoms. The Hall–Kier alpha value is -1.99. The Labute approximate surface area is 146 Å². The summed E-state index contributed by atoms with van der Waals surface area (Å²) in [6.45, 7) is 3.08. The molecule has 0 aliphatic carbocycles. The van der Waals surface area contributed by atoms with Crippen LogP contribution in [0.3, 0.4) is 0 Å². The minimum absolute atomic E-state index is 0.0448. The number of ether oxygens (including phenoxy) is 2. The van der Waals surface area contributed by atoms with Crippen LogP contribution in [-0.2, 0) is 20.9 Å².